The lowest BCUT2D eigenvalue weighted by molar-refractivity contribution is -0.384. The maximum Gasteiger partial charge on any atom is 0.269 e. The first-order valence-electron chi connectivity index (χ1n) is 7.86. The maximum atomic E-state index is 10.7. The average Bonchev–Trinajstić information content (AvgIpc) is 3.05. The summed E-state index contributed by atoms with van der Waals surface area (Å²) in [6, 6.07) is 10.3. The van der Waals surface area contributed by atoms with Crippen molar-refractivity contribution in [3.05, 3.63) is 52.3 Å². The summed E-state index contributed by atoms with van der Waals surface area (Å²) in [7, 11) is 0. The van der Waals surface area contributed by atoms with Gasteiger partial charge in [0.1, 0.15) is 11.5 Å². The Morgan fingerprint density at radius 2 is 1.83 bits per heavy atom. The van der Waals surface area contributed by atoms with Crippen LogP contribution in [-0.4, -0.2) is 42.7 Å². The Balaban J connectivity index is 1.54. The Kier molecular flexibility index (Phi) is 5.05. The van der Waals surface area contributed by atoms with Gasteiger partial charge in [0, 0.05) is 37.2 Å². The normalized spacial score (nSPS) is 15.7. The van der Waals surface area contributed by atoms with Crippen molar-refractivity contribution in [3.8, 4) is 11.3 Å². The predicted molar refractivity (Wildman–Crippen MR) is 86.4 cm³/mol. The minimum Gasteiger partial charge on any atom is -0.461 e. The third kappa shape index (κ3) is 4.18. The van der Waals surface area contributed by atoms with Crippen LogP contribution >= 0.6 is 0 Å². The molecule has 2 aromatic rings. The Morgan fingerprint density at radius 1 is 1.09 bits per heavy atom. The Bertz CT molecular complexity index is 645. The number of ether oxygens (including phenoxy) is 1. The SMILES string of the molecule is O=[N+]([O-])c1ccc(-c2ccc(CCCN3CCOCC3)o2)cc1. The third-order valence-electron chi connectivity index (χ3n) is 4.03. The smallest absolute Gasteiger partial charge is 0.269 e. The van der Waals surface area contributed by atoms with Crippen LogP contribution in [0.25, 0.3) is 11.3 Å². The van der Waals surface area contributed by atoms with Gasteiger partial charge in [0.25, 0.3) is 5.69 Å². The summed E-state index contributed by atoms with van der Waals surface area (Å²) >= 11 is 0. The highest BCUT2D eigenvalue weighted by atomic mass is 16.6. The van der Waals surface area contributed by atoms with Crippen molar-refractivity contribution >= 4 is 5.69 Å². The van der Waals surface area contributed by atoms with Gasteiger partial charge in [0.2, 0.25) is 0 Å². The van der Waals surface area contributed by atoms with Gasteiger partial charge < -0.3 is 9.15 Å². The van der Waals surface area contributed by atoms with E-state index in [9.17, 15) is 10.1 Å². The van der Waals surface area contributed by atoms with Gasteiger partial charge in [-0.15, -0.1) is 0 Å². The summed E-state index contributed by atoms with van der Waals surface area (Å²) in [5.74, 6) is 1.70. The van der Waals surface area contributed by atoms with Gasteiger partial charge in [0.15, 0.2) is 0 Å². The fraction of sp³-hybridized carbons (Fsp3) is 0.412. The summed E-state index contributed by atoms with van der Waals surface area (Å²) < 4.78 is 11.2. The molecule has 23 heavy (non-hydrogen) atoms. The lowest BCUT2D eigenvalue weighted by Crippen LogP contribution is -2.36. The zero-order valence-corrected chi connectivity index (χ0v) is 12.9. The fourth-order valence-corrected chi connectivity index (χ4v) is 2.72. The van der Waals surface area contributed by atoms with Crippen LogP contribution < -0.4 is 0 Å². The highest BCUT2D eigenvalue weighted by Crippen LogP contribution is 2.25. The van der Waals surface area contributed by atoms with Gasteiger partial charge in [-0.1, -0.05) is 0 Å². The van der Waals surface area contributed by atoms with E-state index in [2.05, 4.69) is 4.90 Å². The van der Waals surface area contributed by atoms with Crippen molar-refractivity contribution in [2.24, 2.45) is 0 Å². The van der Waals surface area contributed by atoms with E-state index < -0.39 is 4.92 Å². The van der Waals surface area contributed by atoms with E-state index in [0.717, 1.165) is 62.8 Å². The first-order chi connectivity index (χ1) is 11.2. The lowest BCUT2D eigenvalue weighted by atomic mass is 10.1. The van der Waals surface area contributed by atoms with Crippen LogP contribution in [0.4, 0.5) is 5.69 Å². The Labute approximate surface area is 134 Å². The molecule has 1 aromatic heterocycles. The zero-order chi connectivity index (χ0) is 16.1. The number of hydrogen-bond acceptors (Lipinski definition) is 5. The molecule has 122 valence electrons. The van der Waals surface area contributed by atoms with E-state index in [-0.39, 0.29) is 5.69 Å². The number of hydrogen-bond donors (Lipinski definition) is 0. The molecule has 0 bridgehead atoms. The molecule has 0 amide bonds. The molecule has 0 N–H and O–H groups in total. The van der Waals surface area contributed by atoms with Crippen LogP contribution in [-0.2, 0) is 11.2 Å². The van der Waals surface area contributed by atoms with Crippen molar-refractivity contribution in [3.63, 3.8) is 0 Å². The van der Waals surface area contributed by atoms with Gasteiger partial charge in [-0.3, -0.25) is 15.0 Å². The first kappa shape index (κ1) is 15.7. The number of furan rings is 1. The molecular weight excluding hydrogens is 296 g/mol. The third-order valence-corrected chi connectivity index (χ3v) is 4.03. The van der Waals surface area contributed by atoms with Gasteiger partial charge >= 0.3 is 0 Å². The van der Waals surface area contributed by atoms with E-state index in [1.165, 1.54) is 12.1 Å². The molecule has 0 unspecified atom stereocenters. The second-order valence-corrected chi connectivity index (χ2v) is 5.63. The van der Waals surface area contributed by atoms with Crippen LogP contribution in [0.1, 0.15) is 12.2 Å². The van der Waals surface area contributed by atoms with Crippen molar-refractivity contribution in [2.45, 2.75) is 12.8 Å². The summed E-state index contributed by atoms with van der Waals surface area (Å²) in [5, 5.41) is 10.7. The fourth-order valence-electron chi connectivity index (χ4n) is 2.72. The number of aryl methyl sites for hydroxylation is 1. The Morgan fingerprint density at radius 3 is 2.52 bits per heavy atom. The maximum absolute atomic E-state index is 10.7. The molecule has 0 spiro atoms. The molecule has 1 saturated heterocycles. The molecule has 1 aliphatic rings. The molecule has 2 heterocycles. The molecule has 1 aromatic carbocycles. The molecule has 0 radical (unpaired) electrons. The second-order valence-electron chi connectivity index (χ2n) is 5.63. The monoisotopic (exact) mass is 316 g/mol. The van der Waals surface area contributed by atoms with E-state index in [4.69, 9.17) is 9.15 Å². The number of non-ortho nitro benzene ring substituents is 1. The van der Waals surface area contributed by atoms with Gasteiger partial charge in [-0.2, -0.15) is 0 Å². The number of nitro groups is 1. The zero-order valence-electron chi connectivity index (χ0n) is 12.9. The summed E-state index contributed by atoms with van der Waals surface area (Å²) in [6.45, 7) is 4.71. The molecule has 0 saturated carbocycles. The standard InChI is InChI=1S/C17H20N2O4/c20-19(21)15-5-3-14(4-6-15)17-8-7-16(23-17)2-1-9-18-10-12-22-13-11-18/h3-8H,1-2,9-13H2. The average molecular weight is 316 g/mol. The Hall–Kier alpha value is -2.18. The number of nitrogens with zero attached hydrogens (tertiary/aromatic N) is 2. The number of morpholine rings is 1. The van der Waals surface area contributed by atoms with Gasteiger partial charge in [-0.05, 0) is 37.2 Å². The van der Waals surface area contributed by atoms with E-state index in [0.29, 0.717) is 0 Å². The molecule has 6 nitrogen and oxygen atoms in total. The second kappa shape index (κ2) is 7.39. The highest BCUT2D eigenvalue weighted by Gasteiger charge is 2.11. The van der Waals surface area contributed by atoms with Crippen molar-refractivity contribution in [2.75, 3.05) is 32.8 Å². The lowest BCUT2D eigenvalue weighted by Gasteiger charge is -2.26. The molecule has 0 aliphatic carbocycles. The molecule has 1 fully saturated rings. The highest BCUT2D eigenvalue weighted by molar-refractivity contribution is 5.59. The first-order valence-corrected chi connectivity index (χ1v) is 7.86. The minimum atomic E-state index is -0.400. The molecule has 0 atom stereocenters. The van der Waals surface area contributed by atoms with Gasteiger partial charge in [0.05, 0.1) is 18.1 Å². The quantitative estimate of drug-likeness (QED) is 0.605. The van der Waals surface area contributed by atoms with Crippen LogP contribution in [0.2, 0.25) is 0 Å². The molecule has 3 rings (SSSR count). The van der Waals surface area contributed by atoms with Crippen LogP contribution in [0.15, 0.2) is 40.8 Å². The van der Waals surface area contributed by atoms with Gasteiger partial charge in [-0.25, -0.2) is 0 Å². The van der Waals surface area contributed by atoms with Crippen LogP contribution in [0.5, 0.6) is 0 Å². The molecular formula is C17H20N2O4. The molecule has 6 heteroatoms. The van der Waals surface area contributed by atoms with E-state index >= 15 is 0 Å². The predicted octanol–water partition coefficient (Wildman–Crippen LogP) is 3.12. The van der Waals surface area contributed by atoms with Crippen molar-refractivity contribution < 1.29 is 14.1 Å². The van der Waals surface area contributed by atoms with E-state index in [1.807, 2.05) is 12.1 Å². The number of benzene rings is 1. The van der Waals surface area contributed by atoms with E-state index in [1.54, 1.807) is 12.1 Å². The summed E-state index contributed by atoms with van der Waals surface area (Å²) in [4.78, 5) is 12.7. The number of rotatable bonds is 6. The van der Waals surface area contributed by atoms with Crippen LogP contribution in [0.3, 0.4) is 0 Å². The number of nitro benzene ring substituents is 1. The minimum absolute atomic E-state index is 0.0889. The topological polar surface area (TPSA) is 68.8 Å². The summed E-state index contributed by atoms with van der Waals surface area (Å²) in [5.41, 5.74) is 0.945. The van der Waals surface area contributed by atoms with Crippen molar-refractivity contribution in [1.82, 2.24) is 4.90 Å². The molecule has 1 aliphatic heterocycles. The summed E-state index contributed by atoms with van der Waals surface area (Å²) in [6.07, 6.45) is 1.94. The van der Waals surface area contributed by atoms with Crippen molar-refractivity contribution in [1.29, 1.82) is 0 Å². The van der Waals surface area contributed by atoms with Crippen LogP contribution in [0, 0.1) is 10.1 Å². The largest absolute Gasteiger partial charge is 0.461 e.